The molecule has 0 fully saturated rings. The molecule has 3 heterocycles. The van der Waals surface area contributed by atoms with Crippen molar-refractivity contribution in [3.63, 3.8) is 0 Å². The molecular weight excluding hydrogens is 406 g/mol. The van der Waals surface area contributed by atoms with Gasteiger partial charge in [-0.05, 0) is 37.1 Å². The number of carbonyl (C=O) groups is 3. The number of benzene rings is 2. The van der Waals surface area contributed by atoms with Gasteiger partial charge in [0, 0.05) is 33.1 Å². The molecule has 0 spiro atoms. The molecule has 2 aromatic carbocycles. The average Bonchev–Trinajstić information content (AvgIpc) is 2.94. The Hall–Kier alpha value is -3.81. The van der Waals surface area contributed by atoms with Crippen LogP contribution in [0.1, 0.15) is 40.0 Å². The van der Waals surface area contributed by atoms with Crippen LogP contribution in [-0.4, -0.2) is 59.3 Å². The topological polar surface area (TPSA) is 86.7 Å². The number of anilines is 2. The highest BCUT2D eigenvalue weighted by molar-refractivity contribution is 6.21. The Labute approximate surface area is 185 Å². The number of para-hydroxylation sites is 2. The quantitative estimate of drug-likeness (QED) is 0.593. The summed E-state index contributed by atoms with van der Waals surface area (Å²) in [5.41, 5.74) is 2.38. The van der Waals surface area contributed by atoms with Gasteiger partial charge in [0.2, 0.25) is 5.91 Å². The lowest BCUT2D eigenvalue weighted by Crippen LogP contribution is -2.34. The smallest absolute Gasteiger partial charge is 0.261 e. The number of amides is 3. The normalized spacial score (nSPS) is 15.7. The second-order valence-corrected chi connectivity index (χ2v) is 8.09. The van der Waals surface area contributed by atoms with E-state index in [1.807, 2.05) is 36.2 Å². The van der Waals surface area contributed by atoms with Gasteiger partial charge in [0.05, 0.1) is 22.2 Å². The fraction of sp³-hybridized carbons (Fsp3) is 0.292. The van der Waals surface area contributed by atoms with Crippen molar-refractivity contribution in [2.45, 2.75) is 19.3 Å². The van der Waals surface area contributed by atoms with Crippen LogP contribution in [0.25, 0.3) is 11.0 Å². The Morgan fingerprint density at radius 1 is 0.875 bits per heavy atom. The average molecular weight is 429 g/mol. The van der Waals surface area contributed by atoms with Gasteiger partial charge in [0.15, 0.2) is 11.6 Å². The number of hydrogen-bond donors (Lipinski definition) is 0. The van der Waals surface area contributed by atoms with Gasteiger partial charge in [-0.15, -0.1) is 0 Å². The fourth-order valence-electron chi connectivity index (χ4n) is 4.30. The lowest BCUT2D eigenvalue weighted by atomic mass is 10.1. The first-order valence-corrected chi connectivity index (χ1v) is 10.8. The van der Waals surface area contributed by atoms with Crippen molar-refractivity contribution in [3.05, 3.63) is 59.7 Å². The zero-order valence-corrected chi connectivity index (χ0v) is 17.8. The first-order chi connectivity index (χ1) is 15.5. The van der Waals surface area contributed by atoms with Crippen LogP contribution in [0.3, 0.4) is 0 Å². The van der Waals surface area contributed by atoms with E-state index in [1.54, 1.807) is 29.2 Å². The van der Waals surface area contributed by atoms with Crippen LogP contribution in [0.2, 0.25) is 0 Å². The predicted molar refractivity (Wildman–Crippen MR) is 121 cm³/mol. The summed E-state index contributed by atoms with van der Waals surface area (Å²) in [4.78, 5) is 52.7. The lowest BCUT2D eigenvalue weighted by Gasteiger charge is -2.23. The molecule has 0 radical (unpaired) electrons. The van der Waals surface area contributed by atoms with Crippen LogP contribution in [0.4, 0.5) is 11.6 Å². The van der Waals surface area contributed by atoms with Crippen LogP contribution < -0.4 is 9.80 Å². The zero-order valence-electron chi connectivity index (χ0n) is 17.8. The number of carbonyl (C=O) groups excluding carboxylic acids is 3. The fourth-order valence-corrected chi connectivity index (χ4v) is 4.30. The van der Waals surface area contributed by atoms with Crippen molar-refractivity contribution in [2.75, 3.05) is 36.5 Å². The first-order valence-electron chi connectivity index (χ1n) is 10.8. The van der Waals surface area contributed by atoms with Crippen molar-refractivity contribution in [1.29, 1.82) is 0 Å². The van der Waals surface area contributed by atoms with E-state index >= 15 is 0 Å². The number of rotatable bonds is 4. The summed E-state index contributed by atoms with van der Waals surface area (Å²) in [6.07, 6.45) is 1.41. The largest absolute Gasteiger partial charge is 0.357 e. The van der Waals surface area contributed by atoms with E-state index in [9.17, 15) is 14.4 Å². The number of hydrogen-bond acceptors (Lipinski definition) is 6. The SMILES string of the molecule is CN1CCCN(C(=O)CCCN2C(=O)c3ccccc3C2=O)c2nc3ccccc3nc21. The monoisotopic (exact) mass is 429 g/mol. The molecule has 3 aromatic rings. The Morgan fingerprint density at radius 3 is 2.12 bits per heavy atom. The molecule has 5 rings (SSSR count). The van der Waals surface area contributed by atoms with Crippen LogP contribution in [-0.2, 0) is 4.79 Å². The van der Waals surface area contributed by atoms with E-state index in [1.165, 1.54) is 4.90 Å². The number of fused-ring (bicyclic) bond motifs is 3. The molecule has 0 atom stereocenters. The summed E-state index contributed by atoms with van der Waals surface area (Å²) in [5, 5.41) is 0. The molecule has 3 amide bonds. The summed E-state index contributed by atoms with van der Waals surface area (Å²) < 4.78 is 0. The molecule has 8 nitrogen and oxygen atoms in total. The molecule has 2 aliphatic heterocycles. The van der Waals surface area contributed by atoms with E-state index in [2.05, 4.69) is 0 Å². The third kappa shape index (κ3) is 3.37. The lowest BCUT2D eigenvalue weighted by molar-refractivity contribution is -0.118. The van der Waals surface area contributed by atoms with Crippen molar-refractivity contribution < 1.29 is 14.4 Å². The molecule has 0 bridgehead atoms. The maximum absolute atomic E-state index is 13.2. The van der Waals surface area contributed by atoms with Gasteiger partial charge >= 0.3 is 0 Å². The molecule has 0 saturated carbocycles. The molecular formula is C24H23N5O3. The Balaban J connectivity index is 1.32. The standard InChI is InChI=1S/C24H23N5O3/c1-27-13-7-15-28(22-21(27)25-18-10-4-5-11-19(18)26-22)20(30)12-6-14-29-23(31)16-8-2-3-9-17(16)24(29)32/h2-5,8-11H,6-7,12-15H2,1H3. The van der Waals surface area contributed by atoms with E-state index in [4.69, 9.17) is 9.97 Å². The van der Waals surface area contributed by atoms with Gasteiger partial charge in [-0.25, -0.2) is 9.97 Å². The molecule has 1 aromatic heterocycles. The van der Waals surface area contributed by atoms with Crippen LogP contribution in [0.5, 0.6) is 0 Å². The van der Waals surface area contributed by atoms with E-state index in [0.29, 0.717) is 35.7 Å². The zero-order chi connectivity index (χ0) is 22.2. The predicted octanol–water partition coefficient (Wildman–Crippen LogP) is 2.88. The molecule has 0 aliphatic carbocycles. The van der Waals surface area contributed by atoms with E-state index < -0.39 is 0 Å². The van der Waals surface area contributed by atoms with E-state index in [0.717, 1.165) is 24.0 Å². The highest BCUT2D eigenvalue weighted by Crippen LogP contribution is 2.31. The minimum Gasteiger partial charge on any atom is -0.357 e. The maximum atomic E-state index is 13.2. The van der Waals surface area contributed by atoms with Gasteiger partial charge in [-0.2, -0.15) is 0 Å². The molecule has 0 N–H and O–H groups in total. The number of imide groups is 1. The maximum Gasteiger partial charge on any atom is 0.261 e. The summed E-state index contributed by atoms with van der Waals surface area (Å²) in [6, 6.07) is 14.4. The van der Waals surface area contributed by atoms with Crippen molar-refractivity contribution >= 4 is 40.4 Å². The summed E-state index contributed by atoms with van der Waals surface area (Å²) in [5.74, 6) is 0.585. The minimum atomic E-state index is -0.294. The highest BCUT2D eigenvalue weighted by Gasteiger charge is 2.35. The van der Waals surface area contributed by atoms with Crippen LogP contribution >= 0.6 is 0 Å². The minimum absolute atomic E-state index is 0.0808. The van der Waals surface area contributed by atoms with Gasteiger partial charge in [-0.3, -0.25) is 24.2 Å². The first kappa shape index (κ1) is 20.1. The van der Waals surface area contributed by atoms with Gasteiger partial charge < -0.3 is 4.90 Å². The Kier molecular flexibility index (Phi) is 5.05. The third-order valence-corrected chi connectivity index (χ3v) is 5.98. The molecule has 0 unspecified atom stereocenters. The molecule has 8 heteroatoms. The van der Waals surface area contributed by atoms with Crippen molar-refractivity contribution in [1.82, 2.24) is 14.9 Å². The van der Waals surface area contributed by atoms with Crippen molar-refractivity contribution in [3.8, 4) is 0 Å². The second-order valence-electron chi connectivity index (χ2n) is 8.09. The van der Waals surface area contributed by atoms with Crippen LogP contribution in [0, 0.1) is 0 Å². The van der Waals surface area contributed by atoms with Gasteiger partial charge in [0.25, 0.3) is 11.8 Å². The third-order valence-electron chi connectivity index (χ3n) is 5.98. The second kappa shape index (κ2) is 8.03. The van der Waals surface area contributed by atoms with Crippen LogP contribution in [0.15, 0.2) is 48.5 Å². The summed E-state index contributed by atoms with van der Waals surface area (Å²) in [7, 11) is 1.96. The number of nitrogens with zero attached hydrogens (tertiary/aromatic N) is 5. The molecule has 2 aliphatic rings. The molecule has 162 valence electrons. The Morgan fingerprint density at radius 2 is 1.47 bits per heavy atom. The van der Waals surface area contributed by atoms with E-state index in [-0.39, 0.29) is 30.7 Å². The molecule has 0 saturated heterocycles. The summed E-state index contributed by atoms with van der Waals surface area (Å²) in [6.45, 7) is 1.54. The van der Waals surface area contributed by atoms with Gasteiger partial charge in [-0.1, -0.05) is 24.3 Å². The van der Waals surface area contributed by atoms with Gasteiger partial charge in [0.1, 0.15) is 0 Å². The van der Waals surface area contributed by atoms with Crippen molar-refractivity contribution in [2.24, 2.45) is 0 Å². The molecule has 32 heavy (non-hydrogen) atoms. The highest BCUT2D eigenvalue weighted by atomic mass is 16.2. The number of aromatic nitrogens is 2. The Bertz CT molecular complexity index is 1210. The summed E-state index contributed by atoms with van der Waals surface area (Å²) >= 11 is 0.